The smallest absolute Gasteiger partial charge is 0.341 e. The Morgan fingerprint density at radius 3 is 2.47 bits per heavy atom. The van der Waals surface area contributed by atoms with Crippen molar-refractivity contribution in [3.05, 3.63) is 77.9 Å². The first kappa shape index (κ1) is 21.3. The van der Waals surface area contributed by atoms with Crippen LogP contribution in [0.5, 0.6) is 5.75 Å². The van der Waals surface area contributed by atoms with Crippen LogP contribution in [0.15, 0.2) is 71.7 Å². The number of esters is 2. The first-order valence-corrected chi connectivity index (χ1v) is 9.78. The zero-order valence-corrected chi connectivity index (χ0v) is 17.3. The summed E-state index contributed by atoms with van der Waals surface area (Å²) in [4.78, 5) is 29.4. The minimum absolute atomic E-state index is 0.120. The standard InChI is InChI=1S/C24H25NO5/c1-17(2)24(15-7-10-21(26)29-16-18-8-5-4-6-9-18)23(27)30-22(25-24)19-11-13-20(28-3)14-12-19/h4-14,17H,15-16H2,1-3H3/b10-7+/t24-/m1/s1. The van der Waals surface area contributed by atoms with Crippen molar-refractivity contribution >= 4 is 17.8 Å². The number of hydrogen-bond donors (Lipinski definition) is 0. The summed E-state index contributed by atoms with van der Waals surface area (Å²) in [6.45, 7) is 4.01. The van der Waals surface area contributed by atoms with E-state index in [1.54, 1.807) is 37.5 Å². The maximum atomic E-state index is 12.7. The van der Waals surface area contributed by atoms with E-state index in [9.17, 15) is 9.59 Å². The molecular formula is C24H25NO5. The van der Waals surface area contributed by atoms with E-state index in [-0.39, 0.29) is 24.8 Å². The van der Waals surface area contributed by atoms with Gasteiger partial charge in [0.15, 0.2) is 5.54 Å². The number of hydrogen-bond acceptors (Lipinski definition) is 6. The molecule has 0 aromatic heterocycles. The lowest BCUT2D eigenvalue weighted by molar-refractivity contribution is -0.141. The molecule has 0 unspecified atom stereocenters. The zero-order chi connectivity index (χ0) is 21.6. The fraction of sp³-hybridized carbons (Fsp3) is 0.292. The molecule has 0 radical (unpaired) electrons. The Hall–Kier alpha value is -3.41. The van der Waals surface area contributed by atoms with Crippen LogP contribution >= 0.6 is 0 Å². The highest BCUT2D eigenvalue weighted by molar-refractivity contribution is 6.08. The molecule has 1 heterocycles. The largest absolute Gasteiger partial charge is 0.497 e. The molecule has 6 heteroatoms. The van der Waals surface area contributed by atoms with E-state index < -0.39 is 17.5 Å². The third-order valence-electron chi connectivity index (χ3n) is 5.04. The topological polar surface area (TPSA) is 74.2 Å². The maximum absolute atomic E-state index is 12.7. The average molecular weight is 407 g/mol. The van der Waals surface area contributed by atoms with Crippen LogP contribution < -0.4 is 4.74 Å². The van der Waals surface area contributed by atoms with Gasteiger partial charge >= 0.3 is 11.9 Å². The molecule has 3 rings (SSSR count). The van der Waals surface area contributed by atoms with E-state index in [2.05, 4.69) is 4.99 Å². The fourth-order valence-electron chi connectivity index (χ4n) is 3.12. The van der Waals surface area contributed by atoms with Gasteiger partial charge < -0.3 is 14.2 Å². The molecule has 2 aromatic carbocycles. The normalized spacial score (nSPS) is 18.4. The lowest BCUT2D eigenvalue weighted by Gasteiger charge is -2.24. The Bertz CT molecular complexity index is 947. The molecule has 0 bridgehead atoms. The number of carbonyl (C=O) groups excluding carboxylic acids is 2. The van der Waals surface area contributed by atoms with Gasteiger partial charge in [-0.15, -0.1) is 0 Å². The van der Waals surface area contributed by atoms with Crippen molar-refractivity contribution in [1.82, 2.24) is 0 Å². The molecule has 1 aliphatic heterocycles. The molecule has 156 valence electrons. The summed E-state index contributed by atoms with van der Waals surface area (Å²) in [5, 5.41) is 0. The third-order valence-corrected chi connectivity index (χ3v) is 5.04. The monoisotopic (exact) mass is 407 g/mol. The number of aliphatic imine (C=N–C) groups is 1. The SMILES string of the molecule is COc1ccc(C2=N[C@](C/C=C/C(=O)OCc3ccccc3)(C(C)C)C(=O)O2)cc1. The molecule has 0 N–H and O–H groups in total. The Kier molecular flexibility index (Phi) is 6.67. The first-order valence-electron chi connectivity index (χ1n) is 9.78. The molecule has 0 aliphatic carbocycles. The highest BCUT2D eigenvalue weighted by Crippen LogP contribution is 2.34. The molecule has 0 saturated heterocycles. The van der Waals surface area contributed by atoms with Crippen LogP contribution in [0.1, 0.15) is 31.4 Å². The van der Waals surface area contributed by atoms with Crippen LogP contribution in [-0.2, 0) is 25.7 Å². The van der Waals surface area contributed by atoms with Gasteiger partial charge in [-0.25, -0.2) is 14.6 Å². The van der Waals surface area contributed by atoms with E-state index in [4.69, 9.17) is 14.2 Å². The number of carbonyl (C=O) groups is 2. The predicted molar refractivity (Wildman–Crippen MR) is 113 cm³/mol. The number of benzene rings is 2. The zero-order valence-electron chi connectivity index (χ0n) is 17.3. The van der Waals surface area contributed by atoms with Crippen LogP contribution in [0.2, 0.25) is 0 Å². The molecule has 1 aliphatic rings. The highest BCUT2D eigenvalue weighted by Gasteiger charge is 2.48. The number of cyclic esters (lactones) is 1. The summed E-state index contributed by atoms with van der Waals surface area (Å²) in [6.07, 6.45) is 3.19. The second kappa shape index (κ2) is 9.39. The summed E-state index contributed by atoms with van der Waals surface area (Å²) in [6, 6.07) is 16.6. The number of nitrogens with zero attached hydrogens (tertiary/aromatic N) is 1. The van der Waals surface area contributed by atoms with Crippen molar-refractivity contribution < 1.29 is 23.8 Å². The molecule has 6 nitrogen and oxygen atoms in total. The van der Waals surface area contributed by atoms with Gasteiger partial charge in [0.25, 0.3) is 0 Å². The quantitative estimate of drug-likeness (QED) is 0.487. The third kappa shape index (κ3) is 4.76. The van der Waals surface area contributed by atoms with Gasteiger partial charge in [-0.05, 0) is 35.7 Å². The van der Waals surface area contributed by atoms with Crippen molar-refractivity contribution in [3.8, 4) is 5.75 Å². The van der Waals surface area contributed by atoms with Crippen molar-refractivity contribution in [2.24, 2.45) is 10.9 Å². The van der Waals surface area contributed by atoms with E-state index in [0.717, 1.165) is 5.56 Å². The Balaban J connectivity index is 1.69. The summed E-state index contributed by atoms with van der Waals surface area (Å²) < 4.78 is 15.9. The second-order valence-electron chi connectivity index (χ2n) is 7.31. The van der Waals surface area contributed by atoms with Crippen LogP contribution in [-0.4, -0.2) is 30.5 Å². The van der Waals surface area contributed by atoms with Crippen LogP contribution in [0, 0.1) is 5.92 Å². The van der Waals surface area contributed by atoms with Crippen LogP contribution in [0.25, 0.3) is 0 Å². The van der Waals surface area contributed by atoms with Gasteiger partial charge in [-0.2, -0.15) is 0 Å². The highest BCUT2D eigenvalue weighted by atomic mass is 16.6. The van der Waals surface area contributed by atoms with Crippen molar-refractivity contribution in [2.75, 3.05) is 7.11 Å². The summed E-state index contributed by atoms with van der Waals surface area (Å²) in [5.74, 6) is -0.0352. The molecule has 0 spiro atoms. The minimum atomic E-state index is -1.08. The molecule has 30 heavy (non-hydrogen) atoms. The van der Waals surface area contributed by atoms with E-state index in [1.807, 2.05) is 44.2 Å². The Labute approximate surface area is 176 Å². The van der Waals surface area contributed by atoms with E-state index in [1.165, 1.54) is 6.08 Å². The molecule has 2 aromatic rings. The Morgan fingerprint density at radius 2 is 1.83 bits per heavy atom. The second-order valence-corrected chi connectivity index (χ2v) is 7.31. The predicted octanol–water partition coefficient (Wildman–Crippen LogP) is 4.08. The van der Waals surface area contributed by atoms with E-state index in [0.29, 0.717) is 11.3 Å². The fourth-order valence-corrected chi connectivity index (χ4v) is 3.12. The van der Waals surface area contributed by atoms with E-state index >= 15 is 0 Å². The first-order chi connectivity index (χ1) is 14.4. The van der Waals surface area contributed by atoms with Crippen molar-refractivity contribution in [2.45, 2.75) is 32.4 Å². The van der Waals surface area contributed by atoms with Gasteiger partial charge in [0.05, 0.1) is 7.11 Å². The van der Waals surface area contributed by atoms with Gasteiger partial charge in [-0.1, -0.05) is 50.3 Å². The number of rotatable bonds is 8. The van der Waals surface area contributed by atoms with Gasteiger partial charge in [-0.3, -0.25) is 0 Å². The molecular weight excluding hydrogens is 382 g/mol. The minimum Gasteiger partial charge on any atom is -0.497 e. The number of methoxy groups -OCH3 is 1. The average Bonchev–Trinajstić information content (AvgIpc) is 3.10. The summed E-state index contributed by atoms with van der Waals surface area (Å²) >= 11 is 0. The van der Waals surface area contributed by atoms with Crippen molar-refractivity contribution in [1.29, 1.82) is 0 Å². The van der Waals surface area contributed by atoms with Gasteiger partial charge in [0.1, 0.15) is 12.4 Å². The maximum Gasteiger partial charge on any atom is 0.341 e. The van der Waals surface area contributed by atoms with Crippen LogP contribution in [0.3, 0.4) is 0 Å². The van der Waals surface area contributed by atoms with Crippen molar-refractivity contribution in [3.63, 3.8) is 0 Å². The summed E-state index contributed by atoms with van der Waals surface area (Å²) in [7, 11) is 1.59. The van der Waals surface area contributed by atoms with Gasteiger partial charge in [0, 0.05) is 18.1 Å². The lowest BCUT2D eigenvalue weighted by Crippen LogP contribution is -2.39. The summed E-state index contributed by atoms with van der Waals surface area (Å²) in [5.41, 5.74) is 0.523. The molecule has 0 amide bonds. The van der Waals surface area contributed by atoms with Crippen LogP contribution in [0.4, 0.5) is 0 Å². The van der Waals surface area contributed by atoms with Gasteiger partial charge in [0.2, 0.25) is 5.90 Å². The molecule has 1 atom stereocenters. The molecule has 0 saturated carbocycles. The Morgan fingerprint density at radius 1 is 1.13 bits per heavy atom. The lowest BCUT2D eigenvalue weighted by atomic mass is 9.84. The number of ether oxygens (including phenoxy) is 3. The molecule has 0 fully saturated rings.